The minimum Gasteiger partial charge on any atom is -0.381 e. The van der Waals surface area contributed by atoms with E-state index in [1.165, 1.54) is 0 Å². The van der Waals surface area contributed by atoms with Crippen molar-refractivity contribution in [2.24, 2.45) is 0 Å². The maximum absolute atomic E-state index is 12.4. The number of urea groups is 1. The summed E-state index contributed by atoms with van der Waals surface area (Å²) in [5.41, 5.74) is 0.972. The quantitative estimate of drug-likeness (QED) is 0.909. The lowest BCUT2D eigenvalue weighted by molar-refractivity contribution is 0.0775. The Kier molecular flexibility index (Phi) is 5.50. The fourth-order valence-electron chi connectivity index (χ4n) is 3.38. The van der Waals surface area contributed by atoms with E-state index < -0.39 is 0 Å². The molecule has 2 saturated heterocycles. The molecule has 3 rings (SSSR count). The van der Waals surface area contributed by atoms with Crippen LogP contribution < -0.4 is 10.2 Å². The third kappa shape index (κ3) is 4.14. The Labute approximate surface area is 143 Å². The van der Waals surface area contributed by atoms with Crippen LogP contribution in [0.5, 0.6) is 0 Å². The maximum Gasteiger partial charge on any atom is 0.317 e. The van der Waals surface area contributed by atoms with E-state index in [2.05, 4.69) is 27.2 Å². The maximum atomic E-state index is 12.4. The molecule has 24 heavy (non-hydrogen) atoms. The minimum atomic E-state index is 0.0703. The molecule has 2 amide bonds. The first kappa shape index (κ1) is 17.0. The predicted molar refractivity (Wildman–Crippen MR) is 92.1 cm³/mol. The molecule has 2 aliphatic rings. The summed E-state index contributed by atoms with van der Waals surface area (Å²) < 4.78 is 5.34. The summed E-state index contributed by atoms with van der Waals surface area (Å²) in [6, 6.07) is 2.74. The Balaban J connectivity index is 1.49. The van der Waals surface area contributed by atoms with Crippen LogP contribution in [0.4, 0.5) is 10.6 Å². The average Bonchev–Trinajstić information content (AvgIpc) is 2.62. The van der Waals surface area contributed by atoms with Crippen LogP contribution in [0, 0.1) is 6.92 Å². The summed E-state index contributed by atoms with van der Waals surface area (Å²) in [6.45, 7) is 5.04. The van der Waals surface area contributed by atoms with Gasteiger partial charge in [0.2, 0.25) is 0 Å². The van der Waals surface area contributed by atoms with Crippen LogP contribution in [0.25, 0.3) is 0 Å². The number of hydrogen-bond acceptors (Lipinski definition) is 5. The standard InChI is InChI=1S/C17H27N5O2/c1-13-11-16(19-12-18-13)21(2)15-3-7-22(8-4-15)17(23)20-14-5-9-24-10-6-14/h11-12,14-15H,3-10H2,1-2H3,(H,20,23). The van der Waals surface area contributed by atoms with E-state index in [0.717, 1.165) is 63.5 Å². The fraction of sp³-hybridized carbons (Fsp3) is 0.706. The molecule has 0 unspecified atom stereocenters. The SMILES string of the molecule is Cc1cc(N(C)C2CCN(C(=O)NC3CCOCC3)CC2)ncn1. The number of likely N-dealkylation sites (tertiary alicyclic amines) is 1. The monoisotopic (exact) mass is 333 g/mol. The Bertz CT molecular complexity index is 554. The van der Waals surface area contributed by atoms with Gasteiger partial charge in [-0.25, -0.2) is 14.8 Å². The summed E-state index contributed by atoms with van der Waals surface area (Å²) >= 11 is 0. The van der Waals surface area contributed by atoms with Gasteiger partial charge in [-0.2, -0.15) is 0 Å². The van der Waals surface area contributed by atoms with Gasteiger partial charge in [-0.15, -0.1) is 0 Å². The van der Waals surface area contributed by atoms with Crippen LogP contribution in [0.1, 0.15) is 31.4 Å². The molecule has 132 valence electrons. The van der Waals surface area contributed by atoms with Crippen LogP contribution in [0.15, 0.2) is 12.4 Å². The van der Waals surface area contributed by atoms with Crippen molar-refractivity contribution in [1.29, 1.82) is 0 Å². The lowest BCUT2D eigenvalue weighted by Gasteiger charge is -2.38. The molecule has 0 radical (unpaired) electrons. The number of aromatic nitrogens is 2. The molecular weight excluding hydrogens is 306 g/mol. The number of carbonyl (C=O) groups excluding carboxylic acids is 1. The molecule has 0 spiro atoms. The number of ether oxygens (including phenoxy) is 1. The van der Waals surface area contributed by atoms with Crippen molar-refractivity contribution in [3.05, 3.63) is 18.1 Å². The van der Waals surface area contributed by atoms with E-state index in [1.807, 2.05) is 17.9 Å². The second-order valence-electron chi connectivity index (χ2n) is 6.68. The summed E-state index contributed by atoms with van der Waals surface area (Å²) in [7, 11) is 2.07. The third-order valence-electron chi connectivity index (χ3n) is 5.00. The van der Waals surface area contributed by atoms with E-state index in [0.29, 0.717) is 6.04 Å². The molecule has 1 aromatic heterocycles. The molecule has 0 aliphatic carbocycles. The average molecular weight is 333 g/mol. The normalized spacial score (nSPS) is 20.0. The number of nitrogens with zero attached hydrogens (tertiary/aromatic N) is 4. The largest absolute Gasteiger partial charge is 0.381 e. The number of aryl methyl sites for hydroxylation is 1. The Morgan fingerprint density at radius 2 is 1.96 bits per heavy atom. The Hall–Kier alpha value is -1.89. The van der Waals surface area contributed by atoms with Gasteiger partial charge in [0.15, 0.2) is 0 Å². The van der Waals surface area contributed by atoms with Gasteiger partial charge < -0.3 is 19.9 Å². The zero-order valence-electron chi connectivity index (χ0n) is 14.6. The highest BCUT2D eigenvalue weighted by Crippen LogP contribution is 2.21. The van der Waals surface area contributed by atoms with Crippen molar-refractivity contribution in [2.45, 2.75) is 44.7 Å². The lowest BCUT2D eigenvalue weighted by atomic mass is 10.0. The van der Waals surface area contributed by atoms with Gasteiger partial charge in [-0.1, -0.05) is 0 Å². The molecule has 0 aromatic carbocycles. The second-order valence-corrected chi connectivity index (χ2v) is 6.68. The zero-order chi connectivity index (χ0) is 16.9. The minimum absolute atomic E-state index is 0.0703. The van der Waals surface area contributed by atoms with Gasteiger partial charge in [0.05, 0.1) is 0 Å². The molecular formula is C17H27N5O2. The van der Waals surface area contributed by atoms with Crippen LogP contribution in [-0.2, 0) is 4.74 Å². The molecule has 2 aliphatic heterocycles. The molecule has 2 fully saturated rings. The smallest absolute Gasteiger partial charge is 0.317 e. The van der Waals surface area contributed by atoms with Crippen molar-refractivity contribution >= 4 is 11.8 Å². The van der Waals surface area contributed by atoms with E-state index in [9.17, 15) is 4.79 Å². The lowest BCUT2D eigenvalue weighted by Crippen LogP contribution is -2.51. The van der Waals surface area contributed by atoms with E-state index in [1.54, 1.807) is 6.33 Å². The predicted octanol–water partition coefficient (Wildman–Crippen LogP) is 1.57. The number of carbonyl (C=O) groups is 1. The highest BCUT2D eigenvalue weighted by Gasteiger charge is 2.27. The molecule has 3 heterocycles. The number of piperidine rings is 1. The second kappa shape index (κ2) is 7.79. The molecule has 1 aromatic rings. The molecule has 7 nitrogen and oxygen atoms in total. The summed E-state index contributed by atoms with van der Waals surface area (Å²) in [6.07, 6.45) is 5.36. The van der Waals surface area contributed by atoms with Crippen LogP contribution in [0.3, 0.4) is 0 Å². The number of nitrogens with one attached hydrogen (secondary N) is 1. The van der Waals surface area contributed by atoms with Crippen molar-refractivity contribution in [1.82, 2.24) is 20.2 Å². The Morgan fingerprint density at radius 1 is 1.25 bits per heavy atom. The zero-order valence-corrected chi connectivity index (χ0v) is 14.6. The first-order valence-electron chi connectivity index (χ1n) is 8.78. The van der Waals surface area contributed by atoms with Gasteiger partial charge in [-0.3, -0.25) is 0 Å². The number of rotatable bonds is 3. The van der Waals surface area contributed by atoms with Crippen LogP contribution in [0.2, 0.25) is 0 Å². The summed E-state index contributed by atoms with van der Waals surface area (Å²) in [5.74, 6) is 0.951. The van der Waals surface area contributed by atoms with Gasteiger partial charge in [0.25, 0.3) is 0 Å². The molecule has 0 atom stereocenters. The van der Waals surface area contributed by atoms with Crippen molar-refractivity contribution in [3.8, 4) is 0 Å². The number of amides is 2. The summed E-state index contributed by atoms with van der Waals surface area (Å²) in [5, 5.41) is 3.14. The topological polar surface area (TPSA) is 70.6 Å². The molecule has 7 heteroatoms. The number of hydrogen-bond donors (Lipinski definition) is 1. The van der Waals surface area contributed by atoms with Gasteiger partial charge in [0.1, 0.15) is 12.1 Å². The molecule has 0 saturated carbocycles. The van der Waals surface area contributed by atoms with Gasteiger partial charge in [-0.05, 0) is 32.6 Å². The third-order valence-corrected chi connectivity index (χ3v) is 5.00. The van der Waals surface area contributed by atoms with Crippen LogP contribution >= 0.6 is 0 Å². The first-order chi connectivity index (χ1) is 11.6. The van der Waals surface area contributed by atoms with Crippen molar-refractivity contribution < 1.29 is 9.53 Å². The highest BCUT2D eigenvalue weighted by atomic mass is 16.5. The van der Waals surface area contributed by atoms with Crippen LogP contribution in [-0.4, -0.2) is 66.3 Å². The molecule has 0 bridgehead atoms. The van der Waals surface area contributed by atoms with Crippen molar-refractivity contribution in [3.63, 3.8) is 0 Å². The van der Waals surface area contributed by atoms with Crippen molar-refractivity contribution in [2.75, 3.05) is 38.3 Å². The fourth-order valence-corrected chi connectivity index (χ4v) is 3.38. The summed E-state index contributed by atoms with van der Waals surface area (Å²) in [4.78, 5) is 25.1. The van der Waals surface area contributed by atoms with Gasteiger partial charge in [0, 0.05) is 57.2 Å². The van der Waals surface area contributed by atoms with E-state index in [-0.39, 0.29) is 12.1 Å². The Morgan fingerprint density at radius 3 is 2.62 bits per heavy atom. The highest BCUT2D eigenvalue weighted by molar-refractivity contribution is 5.74. The first-order valence-corrected chi connectivity index (χ1v) is 8.78. The van der Waals surface area contributed by atoms with Gasteiger partial charge >= 0.3 is 6.03 Å². The number of anilines is 1. The molecule has 1 N–H and O–H groups in total. The van der Waals surface area contributed by atoms with E-state index in [4.69, 9.17) is 4.74 Å². The van der Waals surface area contributed by atoms with E-state index >= 15 is 0 Å².